The third-order valence-corrected chi connectivity index (χ3v) is 6.50. The Hall–Kier alpha value is -4.30. The number of carbonyl (C=O) groups excluding carboxylic acids is 4. The summed E-state index contributed by atoms with van der Waals surface area (Å²) in [4.78, 5) is 67.5. The van der Waals surface area contributed by atoms with Gasteiger partial charge in [-0.25, -0.2) is 9.78 Å². The van der Waals surface area contributed by atoms with Gasteiger partial charge in [-0.2, -0.15) is 0 Å². The van der Waals surface area contributed by atoms with Crippen LogP contribution in [0.1, 0.15) is 50.5 Å². The minimum Gasteiger partial charge on any atom is -0.508 e. The van der Waals surface area contributed by atoms with Crippen LogP contribution >= 0.6 is 0 Å². The molecule has 2 heterocycles. The summed E-state index contributed by atoms with van der Waals surface area (Å²) in [6.07, 6.45) is -2.78. The van der Waals surface area contributed by atoms with Gasteiger partial charge in [0.15, 0.2) is 5.60 Å². The topological polar surface area (TPSA) is 190 Å². The zero-order chi connectivity index (χ0) is 31.0. The zero-order valence-corrected chi connectivity index (χ0v) is 23.7. The minimum atomic E-state index is -2.17. The molecule has 1 aromatic heterocycles. The van der Waals surface area contributed by atoms with E-state index in [0.29, 0.717) is 5.69 Å². The highest BCUT2D eigenvalue weighted by atomic mass is 16.7. The summed E-state index contributed by atoms with van der Waals surface area (Å²) in [5.74, 6) is -6.17. The summed E-state index contributed by atoms with van der Waals surface area (Å²) in [7, 11) is -0.539. The van der Waals surface area contributed by atoms with E-state index in [1.54, 1.807) is 12.1 Å². The fraction of sp³-hybridized carbons (Fsp3) is 0.429. The van der Waals surface area contributed by atoms with Gasteiger partial charge in [0.05, 0.1) is 37.7 Å². The smallest absolute Gasteiger partial charge is 0.508 e. The Morgan fingerprint density at radius 1 is 1.07 bits per heavy atom. The first kappa shape index (κ1) is 32.2. The summed E-state index contributed by atoms with van der Waals surface area (Å²) >= 11 is 0. The molecule has 1 unspecified atom stereocenters. The highest BCUT2D eigenvalue weighted by Gasteiger charge is 2.55. The number of carboxylic acid groups (broad SMARTS) is 1. The highest BCUT2D eigenvalue weighted by Crippen LogP contribution is 2.31. The molecule has 3 rings (SSSR count). The van der Waals surface area contributed by atoms with Crippen LogP contribution in [0.4, 0.5) is 0 Å². The second kappa shape index (κ2) is 14.1. The average molecular weight is 583 g/mol. The maximum Gasteiger partial charge on any atom is 0.552 e. The van der Waals surface area contributed by atoms with E-state index in [1.165, 1.54) is 13.0 Å². The molecule has 0 spiro atoms. The predicted octanol–water partition coefficient (Wildman–Crippen LogP) is 1.14. The largest absolute Gasteiger partial charge is 0.552 e. The second-order valence-electron chi connectivity index (χ2n) is 10.4. The molecule has 0 radical (unpaired) electrons. The van der Waals surface area contributed by atoms with Crippen LogP contribution in [0.5, 0.6) is 0 Å². The SMILES string of the molecule is COC(=O)[C@@]1(CC(=O)O)CC(=O)OB([C@H](CC(C)C)NC(=O)C(NC(=O)c2cccc(-c3ccccc3)n2)[C@@H](C)O)O1. The van der Waals surface area contributed by atoms with Crippen molar-refractivity contribution >= 4 is 36.8 Å². The number of hydrogen-bond acceptors (Lipinski definition) is 10. The minimum absolute atomic E-state index is 0.00890. The van der Waals surface area contributed by atoms with Gasteiger partial charge in [0.1, 0.15) is 11.7 Å². The third-order valence-electron chi connectivity index (χ3n) is 6.50. The lowest BCUT2D eigenvalue weighted by molar-refractivity contribution is -0.177. The monoisotopic (exact) mass is 583 g/mol. The van der Waals surface area contributed by atoms with Crippen LogP contribution in [-0.4, -0.2) is 82.8 Å². The van der Waals surface area contributed by atoms with Gasteiger partial charge in [-0.1, -0.05) is 50.2 Å². The van der Waals surface area contributed by atoms with Crippen molar-refractivity contribution in [2.45, 2.75) is 63.7 Å². The van der Waals surface area contributed by atoms with Crippen molar-refractivity contribution in [1.29, 1.82) is 0 Å². The Labute approximate surface area is 243 Å². The number of nitrogens with one attached hydrogen (secondary N) is 2. The third kappa shape index (κ3) is 8.14. The first-order valence-electron chi connectivity index (χ1n) is 13.3. The molecule has 4 N–H and O–H groups in total. The van der Waals surface area contributed by atoms with E-state index in [-0.39, 0.29) is 18.0 Å². The molecule has 1 aliphatic rings. The molecule has 1 saturated heterocycles. The number of amides is 2. The Morgan fingerprint density at radius 3 is 2.36 bits per heavy atom. The lowest BCUT2D eigenvalue weighted by Gasteiger charge is -2.38. The molecule has 1 fully saturated rings. The van der Waals surface area contributed by atoms with Crippen LogP contribution < -0.4 is 10.6 Å². The molecule has 13 nitrogen and oxygen atoms in total. The molecule has 2 aromatic rings. The van der Waals surface area contributed by atoms with Gasteiger partial charge >= 0.3 is 19.1 Å². The van der Waals surface area contributed by atoms with E-state index >= 15 is 0 Å². The van der Waals surface area contributed by atoms with E-state index in [2.05, 4.69) is 15.6 Å². The normalized spacial score (nSPS) is 18.8. The van der Waals surface area contributed by atoms with Crippen molar-refractivity contribution in [3.63, 3.8) is 0 Å². The molecular weight excluding hydrogens is 549 g/mol. The fourth-order valence-corrected chi connectivity index (χ4v) is 4.55. The fourth-order valence-electron chi connectivity index (χ4n) is 4.55. The number of aliphatic hydroxyl groups excluding tert-OH is 1. The van der Waals surface area contributed by atoms with Crippen LogP contribution in [0.15, 0.2) is 48.5 Å². The number of rotatable bonds is 12. The van der Waals surface area contributed by atoms with E-state index in [9.17, 15) is 34.2 Å². The van der Waals surface area contributed by atoms with Gasteiger partial charge in [-0.05, 0) is 31.4 Å². The number of methoxy groups -OCH3 is 1. The zero-order valence-electron chi connectivity index (χ0n) is 23.7. The van der Waals surface area contributed by atoms with Crippen LogP contribution in [0, 0.1) is 5.92 Å². The van der Waals surface area contributed by atoms with Crippen LogP contribution in [0.25, 0.3) is 11.3 Å². The summed E-state index contributed by atoms with van der Waals surface area (Å²) in [5, 5.41) is 24.9. The number of benzene rings is 1. The molecule has 1 aliphatic heterocycles. The number of nitrogens with zero attached hydrogens (tertiary/aromatic N) is 1. The molecule has 2 amide bonds. The maximum absolute atomic E-state index is 13.4. The van der Waals surface area contributed by atoms with E-state index < -0.39 is 73.4 Å². The Bertz CT molecular complexity index is 1300. The standard InChI is InChI=1S/C28H34BN3O10/c1-16(2)13-21(29-41-23(36)15-28(42-29,14-22(34)35)27(39)40-4)31-26(38)24(17(3)33)32-25(37)20-12-8-11-19(30-20)18-9-6-5-7-10-18/h5-12,16-17,21,24,33H,13-15H2,1-4H3,(H,31,38)(H,32,37)(H,34,35)/t17-,21+,24?,28-/m1/s1. The van der Waals surface area contributed by atoms with Gasteiger partial charge in [-0.3, -0.25) is 19.2 Å². The summed E-state index contributed by atoms with van der Waals surface area (Å²) < 4.78 is 15.8. The van der Waals surface area contributed by atoms with Crippen LogP contribution in [0.3, 0.4) is 0 Å². The number of hydrogen-bond donors (Lipinski definition) is 4. The predicted molar refractivity (Wildman–Crippen MR) is 149 cm³/mol. The van der Waals surface area contributed by atoms with Crippen LogP contribution in [-0.2, 0) is 33.2 Å². The number of aromatic nitrogens is 1. The second-order valence-corrected chi connectivity index (χ2v) is 10.4. The highest BCUT2D eigenvalue weighted by molar-refractivity contribution is 6.50. The number of carboxylic acids is 1. The summed E-state index contributed by atoms with van der Waals surface area (Å²) in [6.45, 7) is 4.93. The number of pyridine rings is 1. The number of aliphatic carboxylic acids is 1. The Balaban J connectivity index is 1.83. The Kier molecular flexibility index (Phi) is 10.8. The van der Waals surface area contributed by atoms with E-state index in [0.717, 1.165) is 12.7 Å². The quantitative estimate of drug-likeness (QED) is 0.207. The molecule has 224 valence electrons. The van der Waals surface area contributed by atoms with Gasteiger partial charge in [0, 0.05) is 5.56 Å². The van der Waals surface area contributed by atoms with Crippen molar-refractivity contribution in [2.75, 3.05) is 7.11 Å². The van der Waals surface area contributed by atoms with Gasteiger partial charge < -0.3 is 34.9 Å². The molecule has 14 heteroatoms. The van der Waals surface area contributed by atoms with Crippen molar-refractivity contribution in [2.24, 2.45) is 5.92 Å². The lowest BCUT2D eigenvalue weighted by Crippen LogP contribution is -2.63. The molecule has 1 aromatic carbocycles. The average Bonchev–Trinajstić information content (AvgIpc) is 2.94. The van der Waals surface area contributed by atoms with Gasteiger partial charge in [0.25, 0.3) is 11.9 Å². The van der Waals surface area contributed by atoms with Gasteiger partial charge in [0.2, 0.25) is 5.91 Å². The van der Waals surface area contributed by atoms with Crippen LogP contribution in [0.2, 0.25) is 0 Å². The maximum atomic E-state index is 13.4. The molecule has 0 saturated carbocycles. The van der Waals surface area contributed by atoms with Crippen molar-refractivity contribution in [3.8, 4) is 11.3 Å². The summed E-state index contributed by atoms with van der Waals surface area (Å²) in [6, 6.07) is 12.5. The lowest BCUT2D eigenvalue weighted by atomic mass is 9.70. The van der Waals surface area contributed by atoms with Crippen molar-refractivity contribution in [3.05, 3.63) is 54.2 Å². The number of carbonyl (C=O) groups is 5. The van der Waals surface area contributed by atoms with E-state index in [4.69, 9.17) is 14.0 Å². The number of ether oxygens (including phenoxy) is 1. The first-order valence-corrected chi connectivity index (χ1v) is 13.3. The first-order chi connectivity index (χ1) is 19.8. The van der Waals surface area contributed by atoms with E-state index in [1.807, 2.05) is 44.2 Å². The number of aliphatic hydroxyl groups is 1. The van der Waals surface area contributed by atoms with Gasteiger partial charge in [-0.15, -0.1) is 0 Å². The molecule has 42 heavy (non-hydrogen) atoms. The molecule has 0 bridgehead atoms. The molecule has 4 atom stereocenters. The summed E-state index contributed by atoms with van der Waals surface area (Å²) in [5.41, 5.74) is -0.852. The Morgan fingerprint density at radius 2 is 1.76 bits per heavy atom. The number of esters is 1. The van der Waals surface area contributed by atoms with Crippen molar-refractivity contribution in [1.82, 2.24) is 15.6 Å². The molecular formula is C28H34BN3O10. The molecule has 0 aliphatic carbocycles. The van der Waals surface area contributed by atoms with Crippen molar-refractivity contribution < 1.29 is 48.2 Å².